The second-order valence-corrected chi connectivity index (χ2v) is 8.22. The van der Waals surface area contributed by atoms with Crippen LogP contribution in [0.5, 0.6) is 0 Å². The normalized spacial score (nSPS) is 13.3. The molecule has 2 aromatic heterocycles. The number of nitrogens with zero attached hydrogens (tertiary/aromatic N) is 4. The number of aromatic nitrogens is 3. The minimum absolute atomic E-state index is 0.181. The lowest BCUT2D eigenvalue weighted by Crippen LogP contribution is -2.22. The highest BCUT2D eigenvalue weighted by molar-refractivity contribution is 6.32. The number of fused-ring (bicyclic) bond motifs is 1. The first-order valence-electron chi connectivity index (χ1n) is 10.8. The summed E-state index contributed by atoms with van der Waals surface area (Å²) in [6.07, 6.45) is 11.7. The van der Waals surface area contributed by atoms with Gasteiger partial charge in [-0.2, -0.15) is 0 Å². The maximum absolute atomic E-state index is 13.9. The van der Waals surface area contributed by atoms with Gasteiger partial charge in [0.25, 0.3) is 5.56 Å². The fourth-order valence-corrected chi connectivity index (χ4v) is 4.04. The number of allylic oxidation sites excluding steroid dienone is 2. The van der Waals surface area contributed by atoms with Gasteiger partial charge in [-0.3, -0.25) is 14.3 Å². The minimum atomic E-state index is -0.500. The Morgan fingerprint density at radius 1 is 1.00 bits per heavy atom. The van der Waals surface area contributed by atoms with Crippen LogP contribution >= 0.6 is 11.6 Å². The van der Waals surface area contributed by atoms with Crippen molar-refractivity contribution in [3.8, 4) is 5.69 Å². The zero-order valence-electron chi connectivity index (χ0n) is 18.1. The zero-order valence-corrected chi connectivity index (χ0v) is 18.9. The predicted molar refractivity (Wildman–Crippen MR) is 134 cm³/mol. The summed E-state index contributed by atoms with van der Waals surface area (Å²) in [5, 5.41) is 0.571. The molecule has 3 heterocycles. The number of benzene rings is 2. The van der Waals surface area contributed by atoms with Crippen molar-refractivity contribution in [2.75, 3.05) is 6.54 Å². The van der Waals surface area contributed by atoms with Crippen LogP contribution in [0.2, 0.25) is 5.02 Å². The van der Waals surface area contributed by atoms with E-state index in [-0.39, 0.29) is 5.39 Å². The van der Waals surface area contributed by atoms with Crippen LogP contribution in [0, 0.1) is 5.82 Å². The van der Waals surface area contributed by atoms with Gasteiger partial charge in [0, 0.05) is 6.54 Å². The van der Waals surface area contributed by atoms with Crippen molar-refractivity contribution >= 4 is 34.7 Å². The molecule has 0 unspecified atom stereocenters. The summed E-state index contributed by atoms with van der Waals surface area (Å²) in [4.78, 5) is 24.9. The van der Waals surface area contributed by atoms with E-state index in [9.17, 15) is 9.18 Å². The molecule has 0 N–H and O–H groups in total. The van der Waals surface area contributed by atoms with E-state index in [4.69, 9.17) is 16.6 Å². The number of hydrogen-bond donors (Lipinski definition) is 0. The second kappa shape index (κ2) is 9.45. The Kier molecular flexibility index (Phi) is 6.06. The third kappa shape index (κ3) is 4.54. The van der Waals surface area contributed by atoms with E-state index in [2.05, 4.69) is 16.0 Å². The van der Waals surface area contributed by atoms with Crippen molar-refractivity contribution in [1.29, 1.82) is 0 Å². The van der Waals surface area contributed by atoms with Gasteiger partial charge in [-0.1, -0.05) is 42.0 Å². The third-order valence-electron chi connectivity index (χ3n) is 5.43. The average Bonchev–Trinajstić information content (AvgIpc) is 2.85. The molecule has 7 heteroatoms. The largest absolute Gasteiger partial charge is 0.368 e. The van der Waals surface area contributed by atoms with Crippen molar-refractivity contribution in [2.24, 2.45) is 0 Å². The van der Waals surface area contributed by atoms with E-state index >= 15 is 0 Å². The lowest BCUT2D eigenvalue weighted by molar-refractivity contribution is 0.400. The molecule has 168 valence electrons. The SMILES string of the molecule is O=c1c2cc(F)ccc2nc(C=Cc2cccc(CN3C=CC=CC3)n2)n1-c1ccccc1Cl. The molecule has 34 heavy (non-hydrogen) atoms. The van der Waals surface area contributed by atoms with Gasteiger partial charge in [0.05, 0.1) is 39.5 Å². The summed E-state index contributed by atoms with van der Waals surface area (Å²) in [5.41, 5.74) is 2.13. The highest BCUT2D eigenvalue weighted by Gasteiger charge is 2.14. The van der Waals surface area contributed by atoms with Crippen molar-refractivity contribution < 1.29 is 4.39 Å². The Morgan fingerprint density at radius 3 is 2.71 bits per heavy atom. The molecule has 1 aliphatic rings. The Hall–Kier alpha value is -4.03. The molecule has 0 atom stereocenters. The quantitative estimate of drug-likeness (QED) is 0.379. The maximum Gasteiger partial charge on any atom is 0.266 e. The van der Waals surface area contributed by atoms with E-state index in [1.807, 2.05) is 36.6 Å². The molecule has 0 aliphatic carbocycles. The molecular formula is C27H20ClFN4O. The van der Waals surface area contributed by atoms with Crippen LogP contribution in [0.15, 0.2) is 89.9 Å². The Morgan fingerprint density at radius 2 is 1.88 bits per heavy atom. The first-order valence-corrected chi connectivity index (χ1v) is 11.1. The average molecular weight is 471 g/mol. The van der Waals surface area contributed by atoms with Gasteiger partial charge in [0.15, 0.2) is 0 Å². The summed E-state index contributed by atoms with van der Waals surface area (Å²) in [6.45, 7) is 1.52. The van der Waals surface area contributed by atoms with Crippen LogP contribution in [0.25, 0.3) is 28.7 Å². The van der Waals surface area contributed by atoms with Gasteiger partial charge in [-0.15, -0.1) is 0 Å². The van der Waals surface area contributed by atoms with Crippen molar-refractivity contribution in [1.82, 2.24) is 19.4 Å². The fraction of sp³-hybridized carbons (Fsp3) is 0.0741. The second-order valence-electron chi connectivity index (χ2n) is 7.81. The molecule has 5 rings (SSSR count). The number of para-hydroxylation sites is 1. The number of halogens is 2. The lowest BCUT2D eigenvalue weighted by atomic mass is 10.2. The van der Waals surface area contributed by atoms with E-state index in [0.29, 0.717) is 28.6 Å². The Labute approximate surface area is 200 Å². The lowest BCUT2D eigenvalue weighted by Gasteiger charge is -2.19. The van der Waals surface area contributed by atoms with Gasteiger partial charge >= 0.3 is 0 Å². The van der Waals surface area contributed by atoms with Crippen molar-refractivity contribution in [2.45, 2.75) is 6.54 Å². The molecule has 4 aromatic rings. The highest BCUT2D eigenvalue weighted by Crippen LogP contribution is 2.22. The van der Waals surface area contributed by atoms with E-state index in [0.717, 1.165) is 17.9 Å². The van der Waals surface area contributed by atoms with Gasteiger partial charge in [0.1, 0.15) is 11.6 Å². The molecule has 0 saturated heterocycles. The molecule has 0 saturated carbocycles. The summed E-state index contributed by atoms with van der Waals surface area (Å²) in [5.74, 6) is -0.131. The smallest absolute Gasteiger partial charge is 0.266 e. The predicted octanol–water partition coefficient (Wildman–Crippen LogP) is 5.63. The van der Waals surface area contributed by atoms with Gasteiger partial charge in [0.2, 0.25) is 0 Å². The summed E-state index contributed by atoms with van der Waals surface area (Å²) >= 11 is 6.40. The molecule has 0 radical (unpaired) electrons. The van der Waals surface area contributed by atoms with Gasteiger partial charge in [-0.25, -0.2) is 9.37 Å². The van der Waals surface area contributed by atoms with Crippen LogP contribution in [-0.2, 0) is 6.54 Å². The van der Waals surface area contributed by atoms with Crippen molar-refractivity contribution in [3.63, 3.8) is 0 Å². The van der Waals surface area contributed by atoms with Crippen LogP contribution in [0.3, 0.4) is 0 Å². The summed E-state index contributed by atoms with van der Waals surface area (Å²) in [6, 6.07) is 16.8. The summed E-state index contributed by atoms with van der Waals surface area (Å²) in [7, 11) is 0. The number of pyridine rings is 1. The highest BCUT2D eigenvalue weighted by atomic mass is 35.5. The van der Waals surface area contributed by atoms with Crippen LogP contribution in [0.4, 0.5) is 4.39 Å². The standard InChI is InChI=1S/C27H20ClFN4O/c28-23-9-2-3-10-25(23)33-26(31-24-13-11-19(29)17-22(24)27(33)34)14-12-20-7-6-8-21(30-20)18-32-15-4-1-5-16-32/h1-15,17H,16,18H2. The zero-order chi connectivity index (χ0) is 23.5. The molecule has 0 spiro atoms. The monoisotopic (exact) mass is 470 g/mol. The van der Waals surface area contributed by atoms with E-state index in [1.165, 1.54) is 22.8 Å². The third-order valence-corrected chi connectivity index (χ3v) is 5.75. The first kappa shape index (κ1) is 21.8. The molecular weight excluding hydrogens is 451 g/mol. The Bertz CT molecular complexity index is 1520. The van der Waals surface area contributed by atoms with Crippen LogP contribution in [-0.4, -0.2) is 26.0 Å². The Balaban J connectivity index is 1.57. The number of rotatable bonds is 5. The van der Waals surface area contributed by atoms with Gasteiger partial charge in [-0.05, 0) is 66.9 Å². The number of hydrogen-bond acceptors (Lipinski definition) is 4. The van der Waals surface area contributed by atoms with Crippen LogP contribution < -0.4 is 5.56 Å². The molecule has 0 fully saturated rings. The minimum Gasteiger partial charge on any atom is -0.368 e. The summed E-state index contributed by atoms with van der Waals surface area (Å²) < 4.78 is 15.3. The van der Waals surface area contributed by atoms with Crippen molar-refractivity contribution in [3.05, 3.63) is 123 Å². The molecule has 5 nitrogen and oxygen atoms in total. The van der Waals surface area contributed by atoms with Crippen LogP contribution in [0.1, 0.15) is 17.2 Å². The van der Waals surface area contributed by atoms with E-state index in [1.54, 1.807) is 36.4 Å². The molecule has 0 amide bonds. The molecule has 2 aromatic carbocycles. The molecule has 0 bridgehead atoms. The maximum atomic E-state index is 13.9. The topological polar surface area (TPSA) is 51.0 Å². The first-order chi connectivity index (χ1) is 16.6. The fourth-order valence-electron chi connectivity index (χ4n) is 3.82. The molecule has 1 aliphatic heterocycles. The van der Waals surface area contributed by atoms with Gasteiger partial charge < -0.3 is 4.90 Å². The van der Waals surface area contributed by atoms with E-state index < -0.39 is 11.4 Å².